The number of halogens is 2. The van der Waals surface area contributed by atoms with E-state index in [1.165, 1.54) is 20.3 Å². The lowest BCUT2D eigenvalue weighted by Crippen LogP contribution is -2.34. The molecule has 2 aromatic carbocycles. The number of hydrogen-bond donors (Lipinski definition) is 0. The van der Waals surface area contributed by atoms with Crippen molar-refractivity contribution in [2.45, 2.75) is 12.8 Å². The summed E-state index contributed by atoms with van der Waals surface area (Å²) in [5.74, 6) is -2.44. The van der Waals surface area contributed by atoms with Crippen molar-refractivity contribution in [1.29, 1.82) is 0 Å². The first kappa shape index (κ1) is 19.9. The van der Waals surface area contributed by atoms with Gasteiger partial charge in [-0.2, -0.15) is 0 Å². The molecule has 6 nitrogen and oxygen atoms in total. The molecule has 2 aliphatic rings. The van der Waals surface area contributed by atoms with Crippen molar-refractivity contribution in [2.75, 3.05) is 32.2 Å². The Balaban J connectivity index is 1.85. The Kier molecular flexibility index (Phi) is 5.15. The van der Waals surface area contributed by atoms with E-state index in [9.17, 15) is 18.4 Å². The Hall–Kier alpha value is -3.42. The van der Waals surface area contributed by atoms with Crippen LogP contribution in [-0.2, 0) is 9.59 Å². The fourth-order valence-electron chi connectivity index (χ4n) is 3.86. The van der Waals surface area contributed by atoms with E-state index in [2.05, 4.69) is 0 Å². The topological polar surface area (TPSA) is 59.1 Å². The average molecular weight is 414 g/mol. The third-order valence-electron chi connectivity index (χ3n) is 5.32. The summed E-state index contributed by atoms with van der Waals surface area (Å²) in [6.07, 6.45) is 1.80. The summed E-state index contributed by atoms with van der Waals surface area (Å²) in [6, 6.07) is 7.92. The molecule has 0 aromatic heterocycles. The number of imide groups is 1. The average Bonchev–Trinajstić information content (AvgIpc) is 3.35. The highest BCUT2D eigenvalue weighted by atomic mass is 19.2. The van der Waals surface area contributed by atoms with Gasteiger partial charge in [-0.15, -0.1) is 0 Å². The molecule has 156 valence electrons. The number of benzene rings is 2. The summed E-state index contributed by atoms with van der Waals surface area (Å²) < 4.78 is 37.8. The molecule has 2 amide bonds. The number of anilines is 1. The second kappa shape index (κ2) is 7.78. The van der Waals surface area contributed by atoms with E-state index < -0.39 is 23.4 Å². The van der Waals surface area contributed by atoms with Crippen molar-refractivity contribution >= 4 is 23.1 Å². The third kappa shape index (κ3) is 3.18. The summed E-state index contributed by atoms with van der Waals surface area (Å²) >= 11 is 0. The quantitative estimate of drug-likeness (QED) is 0.703. The predicted octanol–water partition coefficient (Wildman–Crippen LogP) is 3.36. The summed E-state index contributed by atoms with van der Waals surface area (Å²) in [4.78, 5) is 29.4. The first-order chi connectivity index (χ1) is 14.5. The Labute approximate surface area is 172 Å². The highest BCUT2D eigenvalue weighted by Crippen LogP contribution is 2.39. The number of carbonyl (C=O) groups is 2. The van der Waals surface area contributed by atoms with Crippen LogP contribution < -0.4 is 14.4 Å². The van der Waals surface area contributed by atoms with Crippen molar-refractivity contribution in [1.82, 2.24) is 4.90 Å². The summed E-state index contributed by atoms with van der Waals surface area (Å²) in [6.45, 7) is 1.27. The van der Waals surface area contributed by atoms with Crippen molar-refractivity contribution in [3.05, 3.63) is 59.3 Å². The molecule has 0 aliphatic carbocycles. The van der Waals surface area contributed by atoms with E-state index in [-0.39, 0.29) is 17.0 Å². The van der Waals surface area contributed by atoms with Gasteiger partial charge in [-0.25, -0.2) is 13.7 Å². The predicted molar refractivity (Wildman–Crippen MR) is 106 cm³/mol. The van der Waals surface area contributed by atoms with Gasteiger partial charge in [0.15, 0.2) is 23.1 Å². The molecule has 1 saturated heterocycles. The van der Waals surface area contributed by atoms with Gasteiger partial charge in [-0.1, -0.05) is 6.07 Å². The van der Waals surface area contributed by atoms with Crippen LogP contribution >= 0.6 is 0 Å². The van der Waals surface area contributed by atoms with Crippen LogP contribution in [0.25, 0.3) is 5.57 Å². The lowest BCUT2D eigenvalue weighted by atomic mass is 10.0. The molecule has 0 atom stereocenters. The van der Waals surface area contributed by atoms with Gasteiger partial charge in [0.05, 0.1) is 25.5 Å². The summed E-state index contributed by atoms with van der Waals surface area (Å²) in [7, 11) is 2.98. The number of ether oxygens (including phenoxy) is 2. The maximum atomic E-state index is 13.8. The van der Waals surface area contributed by atoms with Gasteiger partial charge in [0.25, 0.3) is 11.8 Å². The monoisotopic (exact) mass is 414 g/mol. The van der Waals surface area contributed by atoms with E-state index in [4.69, 9.17) is 9.47 Å². The Morgan fingerprint density at radius 3 is 2.17 bits per heavy atom. The van der Waals surface area contributed by atoms with Crippen LogP contribution in [0.1, 0.15) is 18.4 Å². The summed E-state index contributed by atoms with van der Waals surface area (Å²) in [5, 5.41) is 0. The molecule has 30 heavy (non-hydrogen) atoms. The minimum absolute atomic E-state index is 0.0175. The Morgan fingerprint density at radius 2 is 1.53 bits per heavy atom. The van der Waals surface area contributed by atoms with Gasteiger partial charge in [-0.3, -0.25) is 9.59 Å². The number of carbonyl (C=O) groups excluding carboxylic acids is 2. The zero-order valence-corrected chi connectivity index (χ0v) is 16.6. The second-order valence-electron chi connectivity index (χ2n) is 7.03. The molecule has 0 N–H and O–H groups in total. The fraction of sp³-hybridized carbons (Fsp3) is 0.273. The molecule has 1 fully saturated rings. The van der Waals surface area contributed by atoms with Crippen LogP contribution in [0.2, 0.25) is 0 Å². The second-order valence-corrected chi connectivity index (χ2v) is 7.03. The van der Waals surface area contributed by atoms with Gasteiger partial charge in [0.2, 0.25) is 0 Å². The van der Waals surface area contributed by atoms with Crippen LogP contribution in [0.4, 0.5) is 14.5 Å². The van der Waals surface area contributed by atoms with E-state index in [0.717, 1.165) is 29.9 Å². The van der Waals surface area contributed by atoms with Gasteiger partial charge >= 0.3 is 0 Å². The highest BCUT2D eigenvalue weighted by molar-refractivity contribution is 6.45. The minimum Gasteiger partial charge on any atom is -0.493 e. The maximum Gasteiger partial charge on any atom is 0.282 e. The fourth-order valence-corrected chi connectivity index (χ4v) is 3.86. The number of nitrogens with zero attached hydrogens (tertiary/aromatic N) is 2. The number of hydrogen-bond acceptors (Lipinski definition) is 5. The van der Waals surface area contributed by atoms with Crippen LogP contribution in [0.5, 0.6) is 11.5 Å². The van der Waals surface area contributed by atoms with Crippen LogP contribution in [0.15, 0.2) is 42.1 Å². The zero-order chi connectivity index (χ0) is 21.4. The van der Waals surface area contributed by atoms with Crippen LogP contribution in [0, 0.1) is 11.6 Å². The lowest BCUT2D eigenvalue weighted by molar-refractivity contribution is -0.120. The van der Waals surface area contributed by atoms with Gasteiger partial charge < -0.3 is 14.4 Å². The molecular weight excluding hydrogens is 394 g/mol. The molecular formula is C22H20F2N2O4. The molecule has 2 heterocycles. The Morgan fingerprint density at radius 1 is 0.833 bits per heavy atom. The van der Waals surface area contributed by atoms with Gasteiger partial charge in [0, 0.05) is 19.2 Å². The molecule has 4 rings (SSSR count). The molecule has 0 spiro atoms. The minimum atomic E-state index is -1.13. The largest absolute Gasteiger partial charge is 0.493 e. The van der Waals surface area contributed by atoms with E-state index in [1.807, 2.05) is 4.90 Å². The first-order valence-corrected chi connectivity index (χ1v) is 9.51. The summed E-state index contributed by atoms with van der Waals surface area (Å²) in [5.41, 5.74) is 0.927. The van der Waals surface area contributed by atoms with Crippen molar-refractivity contribution in [3.8, 4) is 11.5 Å². The lowest BCUT2D eigenvalue weighted by Gasteiger charge is -2.20. The molecule has 8 heteroatoms. The first-order valence-electron chi connectivity index (χ1n) is 9.51. The van der Waals surface area contributed by atoms with Crippen molar-refractivity contribution < 1.29 is 27.8 Å². The molecule has 0 saturated carbocycles. The van der Waals surface area contributed by atoms with E-state index in [0.29, 0.717) is 30.2 Å². The molecule has 0 bridgehead atoms. The zero-order valence-electron chi connectivity index (χ0n) is 16.6. The standard InChI is InChI=1S/C22H20F2N2O4/c1-29-17-8-5-13(11-18(17)30-2)19-20(25-9-3-4-10-25)22(28)26(21(19)27)14-6-7-15(23)16(24)12-14/h5-8,11-12H,3-4,9-10H2,1-2H3. The van der Waals surface area contributed by atoms with Crippen molar-refractivity contribution in [3.63, 3.8) is 0 Å². The van der Waals surface area contributed by atoms with Gasteiger partial charge in [0.1, 0.15) is 5.70 Å². The third-order valence-corrected chi connectivity index (χ3v) is 5.32. The van der Waals surface area contributed by atoms with Crippen molar-refractivity contribution in [2.24, 2.45) is 0 Å². The van der Waals surface area contributed by atoms with Crippen LogP contribution in [-0.4, -0.2) is 44.0 Å². The smallest absolute Gasteiger partial charge is 0.282 e. The normalized spacial score (nSPS) is 16.7. The van der Waals surface area contributed by atoms with E-state index in [1.54, 1.807) is 18.2 Å². The van der Waals surface area contributed by atoms with Gasteiger partial charge in [-0.05, 0) is 42.7 Å². The molecule has 2 aliphatic heterocycles. The molecule has 0 radical (unpaired) electrons. The SMILES string of the molecule is COc1ccc(C2=C(N3CCCC3)C(=O)N(c3ccc(F)c(F)c3)C2=O)cc1OC. The number of rotatable bonds is 5. The van der Waals surface area contributed by atoms with E-state index >= 15 is 0 Å². The molecule has 0 unspecified atom stereocenters. The molecule has 2 aromatic rings. The van der Waals surface area contributed by atoms with Crippen LogP contribution in [0.3, 0.4) is 0 Å². The number of likely N-dealkylation sites (tertiary alicyclic amines) is 1. The number of amides is 2. The number of methoxy groups -OCH3 is 2. The Bertz CT molecular complexity index is 1060. The maximum absolute atomic E-state index is 13.8. The highest BCUT2D eigenvalue weighted by Gasteiger charge is 2.43.